The molecule has 5 heteroatoms. The van der Waals surface area contributed by atoms with Crippen molar-refractivity contribution >= 4 is 38.9 Å². The van der Waals surface area contributed by atoms with Gasteiger partial charge in [0, 0.05) is 11.6 Å². The van der Waals surface area contributed by atoms with Gasteiger partial charge in [0.25, 0.3) is 0 Å². The van der Waals surface area contributed by atoms with Crippen LogP contribution < -0.4 is 0 Å². The molecule has 0 unspecified atom stereocenters. The summed E-state index contributed by atoms with van der Waals surface area (Å²) in [4.78, 5) is 27.1. The molecule has 21 heavy (non-hydrogen) atoms. The number of fused-ring (bicyclic) bond motifs is 1. The molecular formula is C16H11BrN2O2. The van der Waals surface area contributed by atoms with Crippen LogP contribution in [-0.4, -0.2) is 21.6 Å². The highest BCUT2D eigenvalue weighted by Crippen LogP contribution is 2.31. The average Bonchev–Trinajstić information content (AvgIpc) is 2.80. The largest absolute Gasteiger partial charge is 0.329 e. The molecule has 2 heterocycles. The molecule has 1 aromatic carbocycles. The lowest BCUT2D eigenvalue weighted by Crippen LogP contribution is -2.04. The van der Waals surface area contributed by atoms with E-state index >= 15 is 0 Å². The Balaban J connectivity index is 2.21. The zero-order chi connectivity index (χ0) is 14.8. The van der Waals surface area contributed by atoms with Crippen LogP contribution in [0.25, 0.3) is 10.9 Å². The highest BCUT2D eigenvalue weighted by Gasteiger charge is 2.20. The van der Waals surface area contributed by atoms with E-state index in [2.05, 4.69) is 20.9 Å². The van der Waals surface area contributed by atoms with Crippen LogP contribution in [-0.2, 0) is 11.3 Å². The average molecular weight is 343 g/mol. The van der Waals surface area contributed by atoms with E-state index < -0.39 is 5.78 Å². The normalized spacial score (nSPS) is 10.7. The van der Waals surface area contributed by atoms with Crippen molar-refractivity contribution in [3.63, 3.8) is 0 Å². The topological polar surface area (TPSA) is 52.0 Å². The van der Waals surface area contributed by atoms with Crippen LogP contribution in [0.2, 0.25) is 0 Å². The first-order valence-electron chi connectivity index (χ1n) is 6.38. The Labute approximate surface area is 129 Å². The fourth-order valence-corrected chi connectivity index (χ4v) is 3.10. The van der Waals surface area contributed by atoms with Gasteiger partial charge in [-0.25, -0.2) is 0 Å². The number of carbonyl (C=O) groups excluding carboxylic acids is 2. The van der Waals surface area contributed by atoms with E-state index in [-0.39, 0.29) is 0 Å². The Morgan fingerprint density at radius 2 is 1.95 bits per heavy atom. The number of hydrogen-bond acceptors (Lipinski definition) is 3. The number of rotatable bonds is 4. The van der Waals surface area contributed by atoms with E-state index in [1.807, 2.05) is 47.0 Å². The maximum absolute atomic E-state index is 11.9. The number of carbonyl (C=O) groups is 2. The van der Waals surface area contributed by atoms with E-state index in [0.717, 1.165) is 16.6 Å². The molecule has 0 fully saturated rings. The lowest BCUT2D eigenvalue weighted by atomic mass is 10.1. The smallest absolute Gasteiger partial charge is 0.228 e. The molecule has 0 saturated heterocycles. The Bertz CT molecular complexity index is 825. The molecule has 0 aliphatic rings. The second kappa shape index (κ2) is 5.61. The minimum Gasteiger partial charge on any atom is -0.329 e. The summed E-state index contributed by atoms with van der Waals surface area (Å²) in [5.74, 6) is -0.530. The molecule has 104 valence electrons. The fourth-order valence-electron chi connectivity index (χ4n) is 2.37. The monoisotopic (exact) mass is 342 g/mol. The first kappa shape index (κ1) is 13.7. The van der Waals surface area contributed by atoms with Crippen molar-refractivity contribution in [2.75, 3.05) is 0 Å². The molecule has 0 N–H and O–H groups in total. The molecule has 0 amide bonds. The summed E-state index contributed by atoms with van der Waals surface area (Å²) in [5.41, 5.74) is 2.17. The summed E-state index contributed by atoms with van der Waals surface area (Å²) in [6.07, 6.45) is 2.07. The van der Waals surface area contributed by atoms with Gasteiger partial charge in [0.05, 0.1) is 27.9 Å². The summed E-state index contributed by atoms with van der Waals surface area (Å²) in [6.45, 7) is 0.522. The number of Topliss-reactive ketones (excluding diaryl/α,β-unsaturated/α-hetero) is 1. The van der Waals surface area contributed by atoms with Gasteiger partial charge in [0.1, 0.15) is 0 Å². The maximum Gasteiger partial charge on any atom is 0.228 e. The van der Waals surface area contributed by atoms with Crippen LogP contribution in [0.15, 0.2) is 53.3 Å². The number of pyridine rings is 1. The number of aromatic nitrogens is 2. The number of para-hydroxylation sites is 1. The summed E-state index contributed by atoms with van der Waals surface area (Å²) in [5, 5.41) is 0.761. The van der Waals surface area contributed by atoms with E-state index in [4.69, 9.17) is 0 Å². The lowest BCUT2D eigenvalue weighted by Gasteiger charge is -2.06. The third-order valence-electron chi connectivity index (χ3n) is 3.31. The van der Waals surface area contributed by atoms with Gasteiger partial charge in [-0.2, -0.15) is 0 Å². The second-order valence-corrected chi connectivity index (χ2v) is 5.32. The number of benzene rings is 1. The van der Waals surface area contributed by atoms with E-state index in [0.29, 0.717) is 23.0 Å². The SMILES string of the molecule is O=CC(=O)c1c(Br)n(Cc2ccccn2)c2ccccc12. The summed E-state index contributed by atoms with van der Waals surface area (Å²) < 4.78 is 2.54. The lowest BCUT2D eigenvalue weighted by molar-refractivity contribution is -0.104. The molecule has 3 rings (SSSR count). The molecule has 3 aromatic rings. The van der Waals surface area contributed by atoms with Crippen LogP contribution in [0.5, 0.6) is 0 Å². The molecule has 0 bridgehead atoms. The molecule has 0 saturated carbocycles. The Morgan fingerprint density at radius 1 is 1.19 bits per heavy atom. The highest BCUT2D eigenvalue weighted by atomic mass is 79.9. The molecule has 0 atom stereocenters. The fraction of sp³-hybridized carbons (Fsp3) is 0.0625. The highest BCUT2D eigenvalue weighted by molar-refractivity contribution is 9.10. The van der Waals surface area contributed by atoms with Gasteiger partial charge in [-0.05, 0) is 34.1 Å². The summed E-state index contributed by atoms with van der Waals surface area (Å²) >= 11 is 3.45. The van der Waals surface area contributed by atoms with Gasteiger partial charge >= 0.3 is 0 Å². The minimum absolute atomic E-state index is 0.345. The first-order valence-corrected chi connectivity index (χ1v) is 7.18. The van der Waals surface area contributed by atoms with Crippen molar-refractivity contribution in [2.45, 2.75) is 6.54 Å². The van der Waals surface area contributed by atoms with Crippen molar-refractivity contribution in [1.82, 2.24) is 9.55 Å². The van der Waals surface area contributed by atoms with E-state index in [9.17, 15) is 9.59 Å². The minimum atomic E-state index is -0.530. The molecule has 4 nitrogen and oxygen atoms in total. The van der Waals surface area contributed by atoms with Gasteiger partial charge in [-0.3, -0.25) is 14.6 Å². The number of ketones is 1. The maximum atomic E-state index is 11.9. The van der Waals surface area contributed by atoms with E-state index in [1.165, 1.54) is 0 Å². The van der Waals surface area contributed by atoms with Crippen molar-refractivity contribution in [1.29, 1.82) is 0 Å². The molecule has 0 radical (unpaired) electrons. The Kier molecular flexibility index (Phi) is 3.66. The zero-order valence-corrected chi connectivity index (χ0v) is 12.6. The van der Waals surface area contributed by atoms with Gasteiger partial charge < -0.3 is 4.57 Å². The number of aldehydes is 1. The van der Waals surface area contributed by atoms with Crippen LogP contribution in [0.3, 0.4) is 0 Å². The Hall–Kier alpha value is -2.27. The van der Waals surface area contributed by atoms with Crippen molar-refractivity contribution in [3.05, 3.63) is 64.5 Å². The Morgan fingerprint density at radius 3 is 2.67 bits per heavy atom. The molecule has 0 aliphatic carbocycles. The third-order valence-corrected chi connectivity index (χ3v) is 4.13. The third kappa shape index (κ3) is 2.40. The van der Waals surface area contributed by atoms with Gasteiger partial charge in [-0.15, -0.1) is 0 Å². The molecule has 2 aromatic heterocycles. The van der Waals surface area contributed by atoms with Crippen molar-refractivity contribution < 1.29 is 9.59 Å². The molecular weight excluding hydrogens is 332 g/mol. The molecule has 0 aliphatic heterocycles. The summed E-state index contributed by atoms with van der Waals surface area (Å²) in [6, 6.07) is 13.2. The van der Waals surface area contributed by atoms with Crippen LogP contribution in [0.4, 0.5) is 0 Å². The van der Waals surface area contributed by atoms with Crippen molar-refractivity contribution in [2.24, 2.45) is 0 Å². The standard InChI is InChI=1S/C16H11BrN2O2/c17-16-15(14(21)10-20)12-6-1-2-7-13(12)19(16)9-11-5-3-4-8-18-11/h1-8,10H,9H2. The first-order chi connectivity index (χ1) is 10.2. The second-order valence-electron chi connectivity index (χ2n) is 4.57. The zero-order valence-electron chi connectivity index (χ0n) is 11.0. The quantitative estimate of drug-likeness (QED) is 0.415. The van der Waals surface area contributed by atoms with Gasteiger partial charge in [-0.1, -0.05) is 24.3 Å². The van der Waals surface area contributed by atoms with Crippen LogP contribution in [0.1, 0.15) is 16.1 Å². The van der Waals surface area contributed by atoms with Crippen LogP contribution in [0, 0.1) is 0 Å². The molecule has 0 spiro atoms. The van der Waals surface area contributed by atoms with Crippen LogP contribution >= 0.6 is 15.9 Å². The van der Waals surface area contributed by atoms with E-state index in [1.54, 1.807) is 6.20 Å². The van der Waals surface area contributed by atoms with Crippen molar-refractivity contribution in [3.8, 4) is 0 Å². The van der Waals surface area contributed by atoms with Gasteiger partial charge in [0.2, 0.25) is 5.78 Å². The number of hydrogen-bond donors (Lipinski definition) is 0. The number of nitrogens with zero attached hydrogens (tertiary/aromatic N) is 2. The van der Waals surface area contributed by atoms with Gasteiger partial charge in [0.15, 0.2) is 6.29 Å². The predicted octanol–water partition coefficient (Wildman–Crippen LogP) is 3.23. The summed E-state index contributed by atoms with van der Waals surface area (Å²) in [7, 11) is 0. The predicted molar refractivity (Wildman–Crippen MR) is 83.4 cm³/mol. The number of halogens is 1.